The molecule has 1 fully saturated rings. The van der Waals surface area contributed by atoms with Crippen LogP contribution >= 0.6 is 7.72 Å². The summed E-state index contributed by atoms with van der Waals surface area (Å²) in [5.74, 6) is -1.71. The fourth-order valence-electron chi connectivity index (χ4n) is 0.551. The molecule has 0 aliphatic carbocycles. The van der Waals surface area contributed by atoms with E-state index in [1.54, 1.807) is 13.3 Å². The average Bonchev–Trinajstić information content (AvgIpc) is 1.79. The molecular weight excluding hydrogens is 143 g/mol. The molecule has 4 nitrogen and oxygen atoms in total. The summed E-state index contributed by atoms with van der Waals surface area (Å²) in [7, 11) is -2.37. The van der Waals surface area contributed by atoms with Crippen LogP contribution in [0, 0.1) is 0 Å². The summed E-state index contributed by atoms with van der Waals surface area (Å²) in [6.45, 7) is 3.27. The number of carbonyl (C=O) groups excluding carboxylic acids is 2. The molecule has 1 aliphatic rings. The molecule has 0 aromatic heterocycles. The van der Waals surface area contributed by atoms with Crippen molar-refractivity contribution in [2.45, 2.75) is 0 Å². The maximum atomic E-state index is 10.3. The Hall–Kier alpha value is -0.630. The molecule has 5 heteroatoms. The minimum absolute atomic E-state index is 0.855. The van der Waals surface area contributed by atoms with E-state index in [0.717, 1.165) is 0 Å². The Bertz CT molecular complexity index is 155. The van der Waals surface area contributed by atoms with Gasteiger partial charge in [-0.3, -0.25) is 0 Å². The molecule has 1 rings (SSSR count). The first-order valence-corrected chi connectivity index (χ1v) is 5.29. The summed E-state index contributed by atoms with van der Waals surface area (Å²) in [6.07, 6.45) is 0. The van der Waals surface area contributed by atoms with Gasteiger partial charge in [0.05, 0.1) is 0 Å². The van der Waals surface area contributed by atoms with Gasteiger partial charge in [-0.25, -0.2) is 0 Å². The molecule has 1 aliphatic heterocycles. The van der Waals surface area contributed by atoms with Gasteiger partial charge in [0, 0.05) is 0 Å². The summed E-state index contributed by atoms with van der Waals surface area (Å²) in [6, 6.07) is 0. The monoisotopic (exact) mass is 150 g/mol. The molecule has 0 aromatic carbocycles. The van der Waals surface area contributed by atoms with Crippen LogP contribution in [-0.2, 0) is 18.6 Å². The third kappa shape index (κ3) is 1.19. The topological polar surface area (TPSA) is 52.6 Å². The predicted octanol–water partition coefficient (Wildman–Crippen LogP) is -0.0741. The van der Waals surface area contributed by atoms with Crippen molar-refractivity contribution in [1.29, 1.82) is 0 Å². The van der Waals surface area contributed by atoms with Crippen molar-refractivity contribution in [3.8, 4) is 0 Å². The van der Waals surface area contributed by atoms with Gasteiger partial charge in [-0.2, -0.15) is 0 Å². The molecular formula is C4H7O4P. The van der Waals surface area contributed by atoms with Gasteiger partial charge in [-0.1, -0.05) is 0 Å². The van der Waals surface area contributed by atoms with E-state index in [1.165, 1.54) is 0 Å². The first kappa shape index (κ1) is 6.49. The van der Waals surface area contributed by atoms with E-state index in [0.29, 0.717) is 0 Å². The number of hydrogen-bond donors (Lipinski definition) is 0. The Morgan fingerprint density at radius 2 is 1.44 bits per heavy atom. The van der Waals surface area contributed by atoms with Crippen LogP contribution in [0.25, 0.3) is 0 Å². The van der Waals surface area contributed by atoms with Crippen LogP contribution in [0.3, 0.4) is 0 Å². The average molecular weight is 150 g/mol. The fourth-order valence-corrected chi connectivity index (χ4v) is 1.65. The summed E-state index contributed by atoms with van der Waals surface area (Å²) < 4.78 is 9.18. The molecule has 0 aromatic rings. The van der Waals surface area contributed by atoms with E-state index in [1.807, 2.05) is 0 Å². The van der Waals surface area contributed by atoms with Crippen LogP contribution in [0.15, 0.2) is 0 Å². The van der Waals surface area contributed by atoms with Crippen LogP contribution in [0.1, 0.15) is 0 Å². The molecule has 0 radical (unpaired) electrons. The third-order valence-electron chi connectivity index (χ3n) is 0.844. The molecule has 1 saturated heterocycles. The van der Waals surface area contributed by atoms with Crippen LogP contribution in [-0.4, -0.2) is 25.3 Å². The maximum absolute atomic E-state index is 10.3. The molecule has 0 saturated carbocycles. The van der Waals surface area contributed by atoms with Crippen molar-refractivity contribution in [1.82, 2.24) is 0 Å². The Morgan fingerprint density at radius 1 is 1.11 bits per heavy atom. The fraction of sp³-hybridized carbons (Fsp3) is 0.500. The van der Waals surface area contributed by atoms with Crippen molar-refractivity contribution in [2.24, 2.45) is 0 Å². The zero-order valence-electron chi connectivity index (χ0n) is 5.13. The minimum atomic E-state index is -2.37. The zero-order chi connectivity index (χ0) is 7.07. The first-order valence-electron chi connectivity index (χ1n) is 2.47. The summed E-state index contributed by atoms with van der Waals surface area (Å²) in [4.78, 5) is 20.7. The molecule has 0 amide bonds. The number of rotatable bonds is 0. The van der Waals surface area contributed by atoms with Crippen LogP contribution in [0.5, 0.6) is 0 Å². The summed E-state index contributed by atoms with van der Waals surface area (Å²) >= 11 is 0. The second-order valence-corrected chi connectivity index (χ2v) is 5.39. The van der Waals surface area contributed by atoms with E-state index in [4.69, 9.17) is 0 Å². The van der Waals surface area contributed by atoms with Gasteiger partial charge < -0.3 is 0 Å². The molecule has 0 unspecified atom stereocenters. The normalized spacial score (nSPS) is 26.9. The summed E-state index contributed by atoms with van der Waals surface area (Å²) in [5.41, 5.74) is 0. The van der Waals surface area contributed by atoms with Crippen LogP contribution < -0.4 is 0 Å². The van der Waals surface area contributed by atoms with Crippen molar-refractivity contribution < 1.29 is 18.6 Å². The first-order chi connectivity index (χ1) is 4.01. The molecule has 0 atom stereocenters. The van der Waals surface area contributed by atoms with Gasteiger partial charge in [0.15, 0.2) is 0 Å². The Kier molecular flexibility index (Phi) is 1.21. The Balaban J connectivity index is 2.76. The van der Waals surface area contributed by atoms with Gasteiger partial charge >= 0.3 is 51.6 Å². The second kappa shape index (κ2) is 1.67. The standard InChI is InChI=1S/C4H7O4P/c1-9(2)7-3(5)4(6)8-9/h9H,1-2H3. The molecule has 9 heavy (non-hydrogen) atoms. The molecule has 1 heterocycles. The quantitative estimate of drug-likeness (QED) is 0.358. The summed E-state index contributed by atoms with van der Waals surface area (Å²) in [5, 5.41) is 0. The van der Waals surface area contributed by atoms with E-state index in [2.05, 4.69) is 9.05 Å². The molecule has 52 valence electrons. The van der Waals surface area contributed by atoms with E-state index in [-0.39, 0.29) is 0 Å². The van der Waals surface area contributed by atoms with Crippen molar-refractivity contribution in [3.63, 3.8) is 0 Å². The van der Waals surface area contributed by atoms with E-state index >= 15 is 0 Å². The molecule has 0 N–H and O–H groups in total. The Morgan fingerprint density at radius 3 is 1.56 bits per heavy atom. The van der Waals surface area contributed by atoms with Crippen molar-refractivity contribution in [2.75, 3.05) is 13.3 Å². The predicted molar refractivity (Wildman–Crippen MR) is 32.3 cm³/mol. The number of hydrogen-bond acceptors (Lipinski definition) is 4. The van der Waals surface area contributed by atoms with Crippen molar-refractivity contribution in [3.05, 3.63) is 0 Å². The van der Waals surface area contributed by atoms with Crippen LogP contribution in [0.4, 0.5) is 0 Å². The Labute approximate surface area is 52.6 Å². The van der Waals surface area contributed by atoms with E-state index in [9.17, 15) is 9.59 Å². The van der Waals surface area contributed by atoms with Gasteiger partial charge in [0.1, 0.15) is 0 Å². The van der Waals surface area contributed by atoms with Gasteiger partial charge in [0.25, 0.3) is 0 Å². The zero-order valence-corrected chi connectivity index (χ0v) is 6.13. The molecule has 0 spiro atoms. The van der Waals surface area contributed by atoms with E-state index < -0.39 is 19.7 Å². The van der Waals surface area contributed by atoms with Gasteiger partial charge in [-0.15, -0.1) is 0 Å². The SMILES string of the molecule is C[PH]1(C)OC(=O)C(=O)O1. The van der Waals surface area contributed by atoms with Gasteiger partial charge in [0.2, 0.25) is 0 Å². The van der Waals surface area contributed by atoms with Gasteiger partial charge in [-0.05, 0) is 0 Å². The molecule has 0 bridgehead atoms. The number of carbonyl (C=O) groups is 2. The van der Waals surface area contributed by atoms with Crippen LogP contribution in [0.2, 0.25) is 0 Å². The second-order valence-electron chi connectivity index (χ2n) is 2.18. The van der Waals surface area contributed by atoms with Crippen molar-refractivity contribution >= 4 is 19.7 Å². The third-order valence-corrected chi connectivity index (χ3v) is 2.20.